The molecule has 0 spiro atoms. The van der Waals surface area contributed by atoms with Crippen molar-refractivity contribution < 1.29 is 32.2 Å². The maximum absolute atomic E-state index is 15.8. The van der Waals surface area contributed by atoms with Crippen molar-refractivity contribution in [1.29, 1.82) is 0 Å². The number of halogens is 1. The Balaban J connectivity index is 1.89. The van der Waals surface area contributed by atoms with Gasteiger partial charge < -0.3 is 23.1 Å². The van der Waals surface area contributed by atoms with E-state index in [-0.39, 0.29) is 59.0 Å². The first-order valence-corrected chi connectivity index (χ1v) is 22.6. The van der Waals surface area contributed by atoms with Crippen LogP contribution in [-0.4, -0.2) is 67.1 Å². The average molecular weight is 643 g/mol. The monoisotopic (exact) mass is 642 g/mol. The largest absolute Gasteiger partial charge is 0.469 e. The molecular weight excluding hydrogens is 580 g/mol. The molecule has 0 aromatic heterocycles. The highest BCUT2D eigenvalue weighted by molar-refractivity contribution is 6.74. The lowest BCUT2D eigenvalue weighted by molar-refractivity contribution is -0.248. The first kappa shape index (κ1) is 36.9. The summed E-state index contributed by atoms with van der Waals surface area (Å²) in [5.74, 6) is -0.921. The van der Waals surface area contributed by atoms with E-state index < -0.39 is 28.6 Å². The highest BCUT2D eigenvalue weighted by Crippen LogP contribution is 2.53. The van der Waals surface area contributed by atoms with Gasteiger partial charge in [0.05, 0.1) is 25.4 Å². The van der Waals surface area contributed by atoms with Gasteiger partial charge >= 0.3 is 5.97 Å². The molecule has 0 bridgehead atoms. The molecule has 0 radical (unpaired) electrons. The lowest BCUT2D eigenvalue weighted by Gasteiger charge is -2.41. The average Bonchev–Trinajstić information content (AvgIpc) is 3.61. The Bertz CT molecular complexity index is 952. The number of carbonyl (C=O) groups is 1. The van der Waals surface area contributed by atoms with E-state index in [1.165, 1.54) is 32.8 Å². The zero-order chi connectivity index (χ0) is 32.4. The number of fused-ring (bicyclic) bond motifs is 1. The Hall–Kier alpha value is -0.586. The summed E-state index contributed by atoms with van der Waals surface area (Å²) in [5, 5.41) is 0.211. The molecule has 0 amide bonds. The molecule has 2 aliphatic carbocycles. The highest BCUT2D eigenvalue weighted by Gasteiger charge is 2.59. The molecule has 43 heavy (non-hydrogen) atoms. The Morgan fingerprint density at radius 3 is 2.16 bits per heavy atom. The van der Waals surface area contributed by atoms with Gasteiger partial charge in [0.2, 0.25) is 0 Å². The molecule has 1 aliphatic heterocycles. The van der Waals surface area contributed by atoms with Gasteiger partial charge in [0.15, 0.2) is 28.6 Å². The van der Waals surface area contributed by atoms with Crippen molar-refractivity contribution in [2.45, 2.75) is 166 Å². The quantitative estimate of drug-likeness (QED) is 0.114. The standard InChI is InChI=1S/C34H63FO6Si2/c1-32(2,3)42(9,10)40-27(24-16-13-14-17-24)21-20-25-26-23-34(38-8,30(35)18-15-19-31(36)37-7)39-28(26)22-29(25)41-43(11,12)33(4,5)6/h20-21,24-30H,13-19,22-23H2,1-12H3/b21-20+/t25-,26-,27+,28+,29-,30+,34+/m1/s1. The fourth-order valence-corrected chi connectivity index (χ4v) is 9.28. The van der Waals surface area contributed by atoms with Gasteiger partial charge in [0.25, 0.3) is 0 Å². The van der Waals surface area contributed by atoms with Gasteiger partial charge in [-0.05, 0) is 80.2 Å². The van der Waals surface area contributed by atoms with Gasteiger partial charge in [-0.25, -0.2) is 4.39 Å². The van der Waals surface area contributed by atoms with E-state index in [0.717, 1.165) is 6.42 Å². The van der Waals surface area contributed by atoms with E-state index in [1.807, 2.05) is 0 Å². The Kier molecular flexibility index (Phi) is 12.0. The molecule has 1 saturated heterocycles. The third-order valence-corrected chi connectivity index (χ3v) is 20.5. The summed E-state index contributed by atoms with van der Waals surface area (Å²) in [6.07, 6.45) is 10.2. The minimum absolute atomic E-state index is 0.0106. The number of hydrogen-bond acceptors (Lipinski definition) is 6. The van der Waals surface area contributed by atoms with Crippen LogP contribution in [0.1, 0.15) is 99.3 Å². The number of esters is 1. The second-order valence-electron chi connectivity index (χ2n) is 16.5. The molecule has 250 valence electrons. The number of alkyl halides is 1. The van der Waals surface area contributed by atoms with Gasteiger partial charge in [0.1, 0.15) is 0 Å². The van der Waals surface area contributed by atoms with Crippen LogP contribution < -0.4 is 0 Å². The van der Waals surface area contributed by atoms with Crippen LogP contribution in [0.4, 0.5) is 4.39 Å². The number of ether oxygens (including phenoxy) is 3. The van der Waals surface area contributed by atoms with Gasteiger partial charge in [-0.1, -0.05) is 66.5 Å². The summed E-state index contributed by atoms with van der Waals surface area (Å²) < 4.78 is 47.1. The summed E-state index contributed by atoms with van der Waals surface area (Å²) >= 11 is 0. The predicted octanol–water partition coefficient (Wildman–Crippen LogP) is 8.96. The molecule has 3 aliphatic rings. The van der Waals surface area contributed by atoms with E-state index in [2.05, 4.69) is 79.9 Å². The second kappa shape index (κ2) is 14.0. The molecule has 3 rings (SSSR count). The Labute approximate surface area is 264 Å². The number of rotatable bonds is 13. The molecule has 9 heteroatoms. The molecule has 0 unspecified atom stereocenters. The fraction of sp³-hybridized carbons (Fsp3) is 0.912. The van der Waals surface area contributed by atoms with Crippen molar-refractivity contribution in [2.75, 3.05) is 14.2 Å². The third-order valence-electron chi connectivity index (χ3n) is 11.5. The van der Waals surface area contributed by atoms with Crippen molar-refractivity contribution in [1.82, 2.24) is 0 Å². The van der Waals surface area contributed by atoms with E-state index in [1.54, 1.807) is 7.11 Å². The molecule has 1 heterocycles. The van der Waals surface area contributed by atoms with Crippen LogP contribution in [0, 0.1) is 17.8 Å². The molecule has 0 aromatic rings. The fourth-order valence-electron chi connectivity index (χ4n) is 6.61. The molecule has 6 nitrogen and oxygen atoms in total. The molecule has 0 aromatic carbocycles. The van der Waals surface area contributed by atoms with Gasteiger partial charge in [-0.15, -0.1) is 0 Å². The second-order valence-corrected chi connectivity index (χ2v) is 26.0. The molecule has 7 atom stereocenters. The van der Waals surface area contributed by atoms with Crippen molar-refractivity contribution in [3.8, 4) is 0 Å². The number of hydrogen-bond donors (Lipinski definition) is 0. The predicted molar refractivity (Wildman–Crippen MR) is 177 cm³/mol. The van der Waals surface area contributed by atoms with Gasteiger partial charge in [-0.3, -0.25) is 4.79 Å². The Morgan fingerprint density at radius 2 is 1.63 bits per heavy atom. The number of methoxy groups -OCH3 is 2. The van der Waals surface area contributed by atoms with E-state index in [4.69, 9.17) is 23.1 Å². The molecule has 0 N–H and O–H groups in total. The lowest BCUT2D eigenvalue weighted by Crippen LogP contribution is -2.46. The van der Waals surface area contributed by atoms with Crippen LogP contribution in [0.25, 0.3) is 0 Å². The highest BCUT2D eigenvalue weighted by atomic mass is 28.4. The topological polar surface area (TPSA) is 63.2 Å². The third kappa shape index (κ3) is 8.62. The first-order valence-electron chi connectivity index (χ1n) is 16.7. The molecule has 2 saturated carbocycles. The summed E-state index contributed by atoms with van der Waals surface area (Å²) in [7, 11) is -1.15. The molecule has 3 fully saturated rings. The van der Waals surface area contributed by atoms with Crippen LogP contribution in [0.5, 0.6) is 0 Å². The normalized spacial score (nSPS) is 30.6. The zero-order valence-corrected chi connectivity index (χ0v) is 31.4. The van der Waals surface area contributed by atoms with Crippen LogP contribution in [0.15, 0.2) is 12.2 Å². The van der Waals surface area contributed by atoms with Crippen molar-refractivity contribution in [3.05, 3.63) is 12.2 Å². The minimum atomic E-state index is -2.07. The lowest BCUT2D eigenvalue weighted by atomic mass is 9.86. The summed E-state index contributed by atoms with van der Waals surface area (Å²) in [5.41, 5.74) is 0. The van der Waals surface area contributed by atoms with Crippen molar-refractivity contribution >= 4 is 22.6 Å². The van der Waals surface area contributed by atoms with Crippen LogP contribution in [0.2, 0.25) is 36.3 Å². The van der Waals surface area contributed by atoms with Crippen molar-refractivity contribution in [3.63, 3.8) is 0 Å². The zero-order valence-electron chi connectivity index (χ0n) is 29.4. The first-order chi connectivity index (χ1) is 19.8. The summed E-state index contributed by atoms with van der Waals surface area (Å²) in [6.45, 7) is 23.0. The maximum Gasteiger partial charge on any atom is 0.305 e. The smallest absolute Gasteiger partial charge is 0.305 e. The van der Waals surface area contributed by atoms with Crippen molar-refractivity contribution in [2.24, 2.45) is 17.8 Å². The summed E-state index contributed by atoms with van der Waals surface area (Å²) in [6, 6.07) is 0. The van der Waals surface area contributed by atoms with Crippen LogP contribution in [0.3, 0.4) is 0 Å². The Morgan fingerprint density at radius 1 is 1.02 bits per heavy atom. The minimum Gasteiger partial charge on any atom is -0.469 e. The van der Waals surface area contributed by atoms with E-state index in [0.29, 0.717) is 18.8 Å². The van der Waals surface area contributed by atoms with Crippen LogP contribution >= 0.6 is 0 Å². The van der Waals surface area contributed by atoms with E-state index in [9.17, 15) is 4.79 Å². The summed E-state index contributed by atoms with van der Waals surface area (Å²) in [4.78, 5) is 11.6. The van der Waals surface area contributed by atoms with Crippen LogP contribution in [-0.2, 0) is 27.9 Å². The van der Waals surface area contributed by atoms with Gasteiger partial charge in [0, 0.05) is 25.9 Å². The molecular formula is C34H63FO6Si2. The number of carbonyl (C=O) groups excluding carboxylic acids is 1. The van der Waals surface area contributed by atoms with E-state index >= 15 is 4.39 Å². The maximum atomic E-state index is 15.8. The van der Waals surface area contributed by atoms with Gasteiger partial charge in [-0.2, -0.15) is 0 Å². The SMILES string of the molecule is COC(=O)CCC[C@H](F)[C@]1(OC)C[C@@H]2[C@@H](/C=C/[C@H](O[Si](C)(C)C(C)(C)C)C3CCCC3)[C@H](O[Si](C)(C)C(C)(C)C)C[C@@H]2O1.